The summed E-state index contributed by atoms with van der Waals surface area (Å²) in [6, 6.07) is 13.9. The number of benzene rings is 2. The van der Waals surface area contributed by atoms with Gasteiger partial charge in [0, 0.05) is 24.3 Å². The number of hydrogen-bond acceptors (Lipinski definition) is 4. The Morgan fingerprint density at radius 3 is 2.26 bits per heavy atom. The molecule has 0 saturated carbocycles. The molecule has 2 amide bonds. The number of carbonyl (C=O) groups is 2. The van der Waals surface area contributed by atoms with Gasteiger partial charge < -0.3 is 19.3 Å². The molecule has 0 radical (unpaired) electrons. The minimum Gasteiger partial charge on any atom is -0.497 e. The van der Waals surface area contributed by atoms with Crippen molar-refractivity contribution < 1.29 is 19.1 Å². The Labute approximate surface area is 159 Å². The first-order valence-electron chi connectivity index (χ1n) is 9.04. The Hall–Kier alpha value is -3.02. The molecule has 1 aliphatic heterocycles. The maximum atomic E-state index is 12.9. The molecule has 1 unspecified atom stereocenters. The number of ether oxygens (including phenoxy) is 2. The van der Waals surface area contributed by atoms with E-state index in [4.69, 9.17) is 9.47 Å². The zero-order valence-corrected chi connectivity index (χ0v) is 15.8. The molecular weight excluding hydrogens is 344 g/mol. The minimum absolute atomic E-state index is 0.0905. The van der Waals surface area contributed by atoms with E-state index in [9.17, 15) is 9.59 Å². The van der Waals surface area contributed by atoms with Crippen molar-refractivity contribution >= 4 is 17.5 Å². The van der Waals surface area contributed by atoms with E-state index in [1.165, 1.54) is 0 Å². The lowest BCUT2D eigenvalue weighted by Crippen LogP contribution is -2.57. The monoisotopic (exact) mass is 368 g/mol. The molecule has 1 heterocycles. The Kier molecular flexibility index (Phi) is 5.64. The van der Waals surface area contributed by atoms with Crippen molar-refractivity contribution in [3.05, 3.63) is 54.1 Å². The molecule has 0 N–H and O–H groups in total. The number of hydrogen-bond donors (Lipinski definition) is 0. The molecule has 1 saturated heterocycles. The number of anilines is 1. The van der Waals surface area contributed by atoms with Crippen molar-refractivity contribution in [2.24, 2.45) is 0 Å². The van der Waals surface area contributed by atoms with Gasteiger partial charge in [-0.25, -0.2) is 0 Å². The van der Waals surface area contributed by atoms with Crippen LogP contribution >= 0.6 is 0 Å². The molecule has 3 rings (SSSR count). The second kappa shape index (κ2) is 8.12. The summed E-state index contributed by atoms with van der Waals surface area (Å²) >= 11 is 0. The summed E-state index contributed by atoms with van der Waals surface area (Å²) in [4.78, 5) is 29.0. The van der Waals surface area contributed by atoms with Crippen molar-refractivity contribution in [2.75, 3.05) is 31.7 Å². The van der Waals surface area contributed by atoms with Crippen molar-refractivity contribution in [3.8, 4) is 11.5 Å². The van der Waals surface area contributed by atoms with Gasteiger partial charge in [-0.2, -0.15) is 0 Å². The predicted molar refractivity (Wildman–Crippen MR) is 103 cm³/mol. The van der Waals surface area contributed by atoms with Crippen LogP contribution in [0.5, 0.6) is 11.5 Å². The van der Waals surface area contributed by atoms with Crippen molar-refractivity contribution in [3.63, 3.8) is 0 Å². The molecule has 2 aromatic rings. The normalized spacial score (nSPS) is 17.0. The van der Waals surface area contributed by atoms with Gasteiger partial charge in [0.15, 0.2) is 0 Å². The standard InChI is InChI=1S/C21H24N2O4/c1-4-27-19-11-7-17(8-12-19)23-14-13-22(15(2)20(23)24)21(25)16-5-9-18(26-3)10-6-16/h5-12,15H,4,13-14H2,1-3H3. The summed E-state index contributed by atoms with van der Waals surface area (Å²) in [7, 11) is 1.58. The van der Waals surface area contributed by atoms with Gasteiger partial charge in [-0.15, -0.1) is 0 Å². The lowest BCUT2D eigenvalue weighted by molar-refractivity contribution is -0.124. The van der Waals surface area contributed by atoms with Gasteiger partial charge in [-0.05, 0) is 62.4 Å². The van der Waals surface area contributed by atoms with E-state index in [2.05, 4.69) is 0 Å². The zero-order valence-electron chi connectivity index (χ0n) is 15.8. The van der Waals surface area contributed by atoms with Gasteiger partial charge >= 0.3 is 0 Å². The second-order valence-corrected chi connectivity index (χ2v) is 6.32. The molecule has 6 nitrogen and oxygen atoms in total. The van der Waals surface area contributed by atoms with Crippen molar-refractivity contribution in [1.29, 1.82) is 0 Å². The molecule has 0 bridgehead atoms. The Balaban J connectivity index is 1.72. The summed E-state index contributed by atoms with van der Waals surface area (Å²) in [6.45, 7) is 5.23. The topological polar surface area (TPSA) is 59.1 Å². The smallest absolute Gasteiger partial charge is 0.254 e. The zero-order chi connectivity index (χ0) is 19.4. The maximum absolute atomic E-state index is 12.9. The number of carbonyl (C=O) groups excluding carboxylic acids is 2. The second-order valence-electron chi connectivity index (χ2n) is 6.32. The first kappa shape index (κ1) is 18.8. The summed E-state index contributed by atoms with van der Waals surface area (Å²) < 4.78 is 10.6. The van der Waals surface area contributed by atoms with Gasteiger partial charge in [0.2, 0.25) is 5.91 Å². The van der Waals surface area contributed by atoms with Gasteiger partial charge in [0.1, 0.15) is 17.5 Å². The van der Waals surface area contributed by atoms with Crippen LogP contribution in [0.1, 0.15) is 24.2 Å². The fraction of sp³-hybridized carbons (Fsp3) is 0.333. The molecule has 1 fully saturated rings. The van der Waals surface area contributed by atoms with Gasteiger partial charge in [0.25, 0.3) is 5.91 Å². The fourth-order valence-corrected chi connectivity index (χ4v) is 3.19. The third kappa shape index (κ3) is 3.89. The van der Waals surface area contributed by atoms with Crippen LogP contribution < -0.4 is 14.4 Å². The van der Waals surface area contributed by atoms with E-state index in [0.29, 0.717) is 31.0 Å². The van der Waals surface area contributed by atoms with Crippen molar-refractivity contribution in [1.82, 2.24) is 4.90 Å². The lowest BCUT2D eigenvalue weighted by atomic mass is 10.1. The third-order valence-corrected chi connectivity index (χ3v) is 4.71. The van der Waals surface area contributed by atoms with Crippen LogP contribution in [-0.4, -0.2) is 49.6 Å². The third-order valence-electron chi connectivity index (χ3n) is 4.71. The number of rotatable bonds is 5. The van der Waals surface area contributed by atoms with E-state index >= 15 is 0 Å². The average molecular weight is 368 g/mol. The van der Waals surface area contributed by atoms with Crippen LogP contribution in [0.2, 0.25) is 0 Å². The van der Waals surface area contributed by atoms with Crippen molar-refractivity contribution in [2.45, 2.75) is 19.9 Å². The van der Waals surface area contributed by atoms with Crippen LogP contribution in [0.25, 0.3) is 0 Å². The Bertz CT molecular complexity index is 802. The largest absolute Gasteiger partial charge is 0.497 e. The lowest BCUT2D eigenvalue weighted by Gasteiger charge is -2.39. The molecule has 142 valence electrons. The number of methoxy groups -OCH3 is 1. The first-order chi connectivity index (χ1) is 13.0. The molecule has 2 aromatic carbocycles. The quantitative estimate of drug-likeness (QED) is 0.814. The molecule has 1 atom stereocenters. The molecule has 27 heavy (non-hydrogen) atoms. The summed E-state index contributed by atoms with van der Waals surface area (Å²) in [5.74, 6) is 1.23. The number of amides is 2. The Morgan fingerprint density at radius 2 is 1.67 bits per heavy atom. The Morgan fingerprint density at radius 1 is 1.04 bits per heavy atom. The molecular formula is C21H24N2O4. The highest BCUT2D eigenvalue weighted by Gasteiger charge is 2.35. The summed E-state index contributed by atoms with van der Waals surface area (Å²) in [6.07, 6.45) is 0. The van der Waals surface area contributed by atoms with E-state index in [1.54, 1.807) is 48.1 Å². The van der Waals surface area contributed by atoms with E-state index in [1.807, 2.05) is 31.2 Å². The predicted octanol–water partition coefficient (Wildman–Crippen LogP) is 2.97. The number of nitrogens with zero attached hydrogens (tertiary/aromatic N) is 2. The van der Waals surface area contributed by atoms with Crippen LogP contribution in [0.4, 0.5) is 5.69 Å². The maximum Gasteiger partial charge on any atom is 0.254 e. The molecule has 1 aliphatic rings. The highest BCUT2D eigenvalue weighted by Crippen LogP contribution is 2.24. The highest BCUT2D eigenvalue weighted by molar-refractivity contribution is 6.03. The molecule has 0 aliphatic carbocycles. The van der Waals surface area contributed by atoms with Gasteiger partial charge in [-0.3, -0.25) is 9.59 Å². The summed E-state index contributed by atoms with van der Waals surface area (Å²) in [5, 5.41) is 0. The number of piperazine rings is 1. The fourth-order valence-electron chi connectivity index (χ4n) is 3.19. The minimum atomic E-state index is -0.528. The molecule has 0 spiro atoms. The molecule has 6 heteroatoms. The van der Waals surface area contributed by atoms with Crippen LogP contribution in [0.3, 0.4) is 0 Å². The SMILES string of the molecule is CCOc1ccc(N2CCN(C(=O)c3ccc(OC)cc3)C(C)C2=O)cc1. The highest BCUT2D eigenvalue weighted by atomic mass is 16.5. The van der Waals surface area contributed by atoms with E-state index in [-0.39, 0.29) is 11.8 Å². The van der Waals surface area contributed by atoms with E-state index in [0.717, 1.165) is 11.4 Å². The van der Waals surface area contributed by atoms with Crippen LogP contribution in [0, 0.1) is 0 Å². The van der Waals surface area contributed by atoms with Crippen LogP contribution in [-0.2, 0) is 4.79 Å². The van der Waals surface area contributed by atoms with E-state index < -0.39 is 6.04 Å². The van der Waals surface area contributed by atoms with Gasteiger partial charge in [0.05, 0.1) is 13.7 Å². The summed E-state index contributed by atoms with van der Waals surface area (Å²) in [5.41, 5.74) is 1.36. The molecule has 0 aromatic heterocycles. The average Bonchev–Trinajstić information content (AvgIpc) is 2.70. The first-order valence-corrected chi connectivity index (χ1v) is 9.04. The van der Waals surface area contributed by atoms with Gasteiger partial charge in [-0.1, -0.05) is 0 Å². The van der Waals surface area contributed by atoms with Crippen LogP contribution in [0.15, 0.2) is 48.5 Å².